The molecular weight excluding hydrogens is 500 g/mol. The highest BCUT2D eigenvalue weighted by atomic mass is 32.2. The molecule has 5 N–H and O–H groups in total. The van der Waals surface area contributed by atoms with Crippen LogP contribution in [0.15, 0.2) is 82.5 Å². The molecule has 1 amide bonds. The molecule has 0 saturated heterocycles. The summed E-state index contributed by atoms with van der Waals surface area (Å²) in [5.41, 5.74) is 7.20. The Morgan fingerprint density at radius 2 is 1.86 bits per heavy atom. The zero-order valence-corrected chi connectivity index (χ0v) is 20.8. The first-order valence-electron chi connectivity index (χ1n) is 11.9. The number of rotatable bonds is 10. The third kappa shape index (κ3) is 6.13. The monoisotopic (exact) mass is 530 g/mol. The van der Waals surface area contributed by atoms with Gasteiger partial charge < -0.3 is 29.4 Å². The SMILES string of the molecule is NC(OC1CCCC1)(C(O)C(Cc1ccccc1)NC(=O)Oc1ccoc1)S(=O)(=O)c1cccc(O)c1. The Labute approximate surface area is 214 Å². The van der Waals surface area contributed by atoms with Crippen LogP contribution in [0.1, 0.15) is 31.2 Å². The summed E-state index contributed by atoms with van der Waals surface area (Å²) in [6.45, 7) is 0. The smallest absolute Gasteiger partial charge is 0.413 e. The molecule has 1 heterocycles. The number of aromatic hydroxyl groups is 1. The van der Waals surface area contributed by atoms with Gasteiger partial charge in [-0.3, -0.25) is 5.73 Å². The lowest BCUT2D eigenvalue weighted by molar-refractivity contribution is -0.109. The normalized spacial score (nSPS) is 17.6. The largest absolute Gasteiger partial charge is 0.508 e. The first kappa shape index (κ1) is 26.7. The fraction of sp³-hybridized carbons (Fsp3) is 0.346. The molecule has 1 aliphatic carbocycles. The van der Waals surface area contributed by atoms with Gasteiger partial charge >= 0.3 is 6.09 Å². The van der Waals surface area contributed by atoms with Crippen molar-refractivity contribution in [3.63, 3.8) is 0 Å². The number of phenolic OH excluding ortho intramolecular Hbond substituents is 1. The highest BCUT2D eigenvalue weighted by Gasteiger charge is 2.53. The number of hydrogen-bond acceptors (Lipinski definition) is 9. The van der Waals surface area contributed by atoms with Crippen LogP contribution in [0, 0.1) is 0 Å². The molecule has 1 fully saturated rings. The lowest BCUT2D eigenvalue weighted by Crippen LogP contribution is -2.66. The summed E-state index contributed by atoms with van der Waals surface area (Å²) >= 11 is 0. The third-order valence-electron chi connectivity index (χ3n) is 6.30. The maximum Gasteiger partial charge on any atom is 0.413 e. The number of nitrogens with one attached hydrogen (secondary N) is 1. The second-order valence-corrected chi connectivity index (χ2v) is 11.1. The Kier molecular flexibility index (Phi) is 8.18. The molecule has 4 rings (SSSR count). The van der Waals surface area contributed by atoms with Crippen LogP contribution in [-0.4, -0.2) is 48.0 Å². The highest BCUT2D eigenvalue weighted by Crippen LogP contribution is 2.34. The molecule has 198 valence electrons. The molecule has 3 atom stereocenters. The molecule has 3 aromatic rings. The fourth-order valence-corrected chi connectivity index (χ4v) is 6.03. The van der Waals surface area contributed by atoms with Crippen LogP contribution >= 0.6 is 0 Å². The number of carbonyl (C=O) groups is 1. The van der Waals surface area contributed by atoms with Crippen LogP contribution in [0.25, 0.3) is 0 Å². The van der Waals surface area contributed by atoms with Gasteiger partial charge in [0.25, 0.3) is 5.06 Å². The molecule has 37 heavy (non-hydrogen) atoms. The molecule has 3 unspecified atom stereocenters. The van der Waals surface area contributed by atoms with Crippen molar-refractivity contribution in [2.24, 2.45) is 5.73 Å². The summed E-state index contributed by atoms with van der Waals surface area (Å²) in [4.78, 5) is 12.4. The van der Waals surface area contributed by atoms with E-state index in [1.807, 2.05) is 0 Å². The number of sulfone groups is 1. The Bertz CT molecular complexity index is 1280. The van der Waals surface area contributed by atoms with E-state index >= 15 is 0 Å². The van der Waals surface area contributed by atoms with E-state index in [0.29, 0.717) is 18.4 Å². The van der Waals surface area contributed by atoms with Crippen LogP contribution < -0.4 is 15.8 Å². The van der Waals surface area contributed by atoms with Gasteiger partial charge in [0, 0.05) is 6.07 Å². The molecular formula is C26H30N2O8S. The maximum atomic E-state index is 13.9. The van der Waals surface area contributed by atoms with Crippen molar-refractivity contribution in [1.82, 2.24) is 5.32 Å². The molecule has 2 aromatic carbocycles. The summed E-state index contributed by atoms with van der Waals surface area (Å²) < 4.78 is 43.8. The predicted octanol–water partition coefficient (Wildman–Crippen LogP) is 3.09. The number of benzene rings is 2. The minimum absolute atomic E-state index is 0.0189. The Morgan fingerprint density at radius 3 is 2.51 bits per heavy atom. The molecule has 10 nitrogen and oxygen atoms in total. The summed E-state index contributed by atoms with van der Waals surface area (Å²) in [6.07, 6.45) is 1.95. The average molecular weight is 531 g/mol. The number of aliphatic hydroxyl groups excluding tert-OH is 1. The van der Waals surface area contributed by atoms with Crippen LogP contribution in [0.3, 0.4) is 0 Å². The summed E-state index contributed by atoms with van der Waals surface area (Å²) in [5.74, 6) is -0.166. The van der Waals surface area contributed by atoms with Crippen LogP contribution in [-0.2, 0) is 21.0 Å². The Morgan fingerprint density at radius 1 is 1.14 bits per heavy atom. The van der Waals surface area contributed by atoms with Gasteiger partial charge in [0.05, 0.1) is 23.3 Å². The zero-order chi connectivity index (χ0) is 26.5. The number of aliphatic hydroxyl groups is 1. The third-order valence-corrected chi connectivity index (χ3v) is 8.35. The Balaban J connectivity index is 1.71. The Hall–Kier alpha value is -3.38. The van der Waals surface area contributed by atoms with Crippen LogP contribution in [0.4, 0.5) is 4.79 Å². The number of carbonyl (C=O) groups excluding carboxylic acids is 1. The van der Waals surface area contributed by atoms with Crippen LogP contribution in [0.5, 0.6) is 11.5 Å². The molecule has 0 spiro atoms. The van der Waals surface area contributed by atoms with Crippen molar-refractivity contribution in [3.05, 3.63) is 78.8 Å². The summed E-state index contributed by atoms with van der Waals surface area (Å²) in [6, 6.07) is 14.0. The van der Waals surface area contributed by atoms with E-state index in [2.05, 4.69) is 5.32 Å². The van der Waals surface area contributed by atoms with Gasteiger partial charge in [0.15, 0.2) is 5.75 Å². The lowest BCUT2D eigenvalue weighted by atomic mass is 10.00. The van der Waals surface area contributed by atoms with Crippen LogP contribution in [0.2, 0.25) is 0 Å². The molecule has 0 radical (unpaired) electrons. The number of phenols is 1. The van der Waals surface area contributed by atoms with Crippen molar-refractivity contribution in [1.29, 1.82) is 0 Å². The number of furan rings is 1. The van der Waals surface area contributed by atoms with Gasteiger partial charge in [-0.2, -0.15) is 0 Å². The van der Waals surface area contributed by atoms with Gasteiger partial charge in [0.1, 0.15) is 18.1 Å². The number of nitrogens with two attached hydrogens (primary N) is 1. The quantitative estimate of drug-likeness (QED) is 0.289. The van der Waals surface area contributed by atoms with E-state index in [1.165, 1.54) is 36.8 Å². The van der Waals surface area contributed by atoms with Crippen molar-refractivity contribution in [2.45, 2.75) is 60.3 Å². The molecule has 0 bridgehead atoms. The summed E-state index contributed by atoms with van der Waals surface area (Å²) in [5, 5.41) is 21.4. The minimum Gasteiger partial charge on any atom is -0.508 e. The molecule has 1 aromatic heterocycles. The summed E-state index contributed by atoms with van der Waals surface area (Å²) in [7, 11) is -4.59. The van der Waals surface area contributed by atoms with Crippen molar-refractivity contribution >= 4 is 15.9 Å². The van der Waals surface area contributed by atoms with E-state index in [9.17, 15) is 23.4 Å². The van der Waals surface area contributed by atoms with E-state index in [0.717, 1.165) is 18.9 Å². The van der Waals surface area contributed by atoms with Gasteiger partial charge in [-0.05, 0) is 43.0 Å². The van der Waals surface area contributed by atoms with Crippen molar-refractivity contribution in [2.75, 3.05) is 0 Å². The standard InChI is InChI=1S/C26H30N2O8S/c27-26(36-20-10-4-5-11-20,37(32,33)22-12-6-9-19(29)16-22)24(30)23(15-18-7-2-1-3-8-18)28-25(31)35-21-13-14-34-17-21/h1-3,6-9,12-14,16-17,20,23-24,29-30H,4-5,10-11,15,27H2,(H,28,31). The second-order valence-electron chi connectivity index (χ2n) is 8.98. The van der Waals surface area contributed by atoms with Gasteiger partial charge in [-0.1, -0.05) is 49.2 Å². The average Bonchev–Trinajstić information content (AvgIpc) is 3.58. The predicted molar refractivity (Wildman–Crippen MR) is 133 cm³/mol. The first-order valence-corrected chi connectivity index (χ1v) is 13.4. The second kappa shape index (κ2) is 11.3. The van der Waals surface area contributed by atoms with E-state index in [1.54, 1.807) is 30.3 Å². The fourth-order valence-electron chi connectivity index (χ4n) is 4.38. The first-order chi connectivity index (χ1) is 17.7. The molecule has 1 aliphatic rings. The van der Waals surface area contributed by atoms with E-state index in [4.69, 9.17) is 19.6 Å². The lowest BCUT2D eigenvalue weighted by Gasteiger charge is -2.39. The van der Waals surface area contributed by atoms with E-state index < -0.39 is 39.2 Å². The van der Waals surface area contributed by atoms with Gasteiger partial charge in [0.2, 0.25) is 9.84 Å². The number of ether oxygens (including phenoxy) is 2. The zero-order valence-electron chi connectivity index (χ0n) is 20.0. The van der Waals surface area contributed by atoms with Crippen molar-refractivity contribution in [3.8, 4) is 11.5 Å². The van der Waals surface area contributed by atoms with E-state index in [-0.39, 0.29) is 22.8 Å². The van der Waals surface area contributed by atoms with Gasteiger partial charge in [-0.25, -0.2) is 13.2 Å². The topological polar surface area (TPSA) is 161 Å². The maximum absolute atomic E-state index is 13.9. The van der Waals surface area contributed by atoms with Gasteiger partial charge in [-0.15, -0.1) is 0 Å². The molecule has 0 aliphatic heterocycles. The molecule has 11 heteroatoms. The highest BCUT2D eigenvalue weighted by molar-refractivity contribution is 7.92. The van der Waals surface area contributed by atoms with Crippen molar-refractivity contribution < 1.29 is 37.3 Å². The number of hydrogen-bond donors (Lipinski definition) is 4. The minimum atomic E-state index is -4.59. The number of amides is 1. The molecule has 1 saturated carbocycles.